The maximum Gasteiger partial charge on any atom is 0.226 e. The van der Waals surface area contributed by atoms with Gasteiger partial charge in [-0.3, -0.25) is 9.67 Å². The number of halogens is 1. The lowest BCUT2D eigenvalue weighted by Crippen LogP contribution is -2.32. The van der Waals surface area contributed by atoms with Crippen LogP contribution in [-0.4, -0.2) is 36.3 Å². The Hall–Kier alpha value is -3.06. The molecule has 29 heavy (non-hydrogen) atoms. The van der Waals surface area contributed by atoms with E-state index in [1.165, 1.54) is 18.4 Å². The Balaban J connectivity index is 1.36. The van der Waals surface area contributed by atoms with Crippen LogP contribution in [0.3, 0.4) is 0 Å². The summed E-state index contributed by atoms with van der Waals surface area (Å²) in [6, 6.07) is 6.70. The van der Waals surface area contributed by atoms with Gasteiger partial charge in [-0.05, 0) is 48.2 Å². The van der Waals surface area contributed by atoms with E-state index in [0.29, 0.717) is 11.7 Å². The van der Waals surface area contributed by atoms with Gasteiger partial charge in [-0.25, -0.2) is 4.98 Å². The molecule has 1 aliphatic carbocycles. The van der Waals surface area contributed by atoms with Crippen LogP contribution in [0.5, 0.6) is 0 Å². The van der Waals surface area contributed by atoms with Crippen molar-refractivity contribution >= 4 is 28.5 Å². The molecule has 0 atom stereocenters. The summed E-state index contributed by atoms with van der Waals surface area (Å²) in [5, 5.41) is 5.64. The fourth-order valence-corrected chi connectivity index (χ4v) is 4.11. The summed E-state index contributed by atoms with van der Waals surface area (Å²) in [5.74, 6) is 0.825. The van der Waals surface area contributed by atoms with Gasteiger partial charge in [-0.2, -0.15) is 15.1 Å². The summed E-state index contributed by atoms with van der Waals surface area (Å²) in [6.45, 7) is 1.56. The van der Waals surface area contributed by atoms with Gasteiger partial charge in [0.15, 0.2) is 5.65 Å². The first kappa shape index (κ1) is 16.9. The highest BCUT2D eigenvalue weighted by molar-refractivity contribution is 6.28. The molecule has 1 aliphatic heterocycles. The highest BCUT2D eigenvalue weighted by Crippen LogP contribution is 2.35. The minimum absolute atomic E-state index is 0.219. The van der Waals surface area contributed by atoms with Gasteiger partial charge >= 0.3 is 0 Å². The first-order valence-corrected chi connectivity index (χ1v) is 10.2. The van der Waals surface area contributed by atoms with Gasteiger partial charge in [-0.15, -0.1) is 0 Å². The highest BCUT2D eigenvalue weighted by atomic mass is 35.5. The highest BCUT2D eigenvalue weighted by Gasteiger charge is 2.25. The summed E-state index contributed by atoms with van der Waals surface area (Å²) in [6.07, 6.45) is 11.1. The molecule has 6 rings (SSSR count). The molecule has 0 bridgehead atoms. The number of pyridine rings is 2. The largest absolute Gasteiger partial charge is 0.351 e. The maximum atomic E-state index is 6.17. The number of hydrogen-bond donors (Lipinski definition) is 0. The zero-order valence-corrected chi connectivity index (χ0v) is 16.4. The van der Waals surface area contributed by atoms with Crippen LogP contribution in [0.2, 0.25) is 5.28 Å². The lowest BCUT2D eigenvalue weighted by molar-refractivity contribution is 0.642. The van der Waals surface area contributed by atoms with E-state index in [9.17, 15) is 0 Å². The molecule has 2 aliphatic rings. The molecule has 1 saturated carbocycles. The molecule has 0 unspecified atom stereocenters. The lowest BCUT2D eigenvalue weighted by atomic mass is 10.0. The topological polar surface area (TPSA) is 72.6 Å². The second-order valence-corrected chi connectivity index (χ2v) is 7.97. The van der Waals surface area contributed by atoms with E-state index < -0.39 is 0 Å². The molecular formula is C21H18ClN7. The third-order valence-corrected chi connectivity index (χ3v) is 5.79. The normalized spacial score (nSPS) is 16.2. The summed E-state index contributed by atoms with van der Waals surface area (Å²) in [5.41, 5.74) is 5.18. The molecular weight excluding hydrogens is 386 g/mol. The van der Waals surface area contributed by atoms with E-state index in [-0.39, 0.29) is 5.28 Å². The Morgan fingerprint density at radius 2 is 2.00 bits per heavy atom. The fraction of sp³-hybridized carbons (Fsp3) is 0.286. The van der Waals surface area contributed by atoms with Crippen LogP contribution in [0.4, 0.5) is 5.82 Å². The van der Waals surface area contributed by atoms with E-state index in [0.717, 1.165) is 47.5 Å². The van der Waals surface area contributed by atoms with Crippen molar-refractivity contribution in [3.8, 4) is 11.1 Å². The SMILES string of the molecule is Clc1nc(N2CCc3ncc(-c4cnn(C5CC5)c4)cc3C2)c2cccnc2n1. The zero-order chi connectivity index (χ0) is 19.4. The molecule has 4 aromatic rings. The minimum Gasteiger partial charge on any atom is -0.351 e. The quantitative estimate of drug-likeness (QED) is 0.484. The van der Waals surface area contributed by atoms with Gasteiger partial charge in [0.05, 0.1) is 17.6 Å². The Kier molecular flexibility index (Phi) is 3.77. The Labute approximate surface area is 172 Å². The molecule has 4 aromatic heterocycles. The van der Waals surface area contributed by atoms with Crippen molar-refractivity contribution in [2.75, 3.05) is 11.4 Å². The van der Waals surface area contributed by atoms with Gasteiger partial charge in [0.25, 0.3) is 0 Å². The molecule has 7 nitrogen and oxygen atoms in total. The summed E-state index contributed by atoms with van der Waals surface area (Å²) >= 11 is 6.17. The summed E-state index contributed by atoms with van der Waals surface area (Å²) < 4.78 is 2.07. The van der Waals surface area contributed by atoms with Gasteiger partial charge < -0.3 is 4.90 Å². The second kappa shape index (κ2) is 6.49. The first-order chi connectivity index (χ1) is 14.2. The molecule has 5 heterocycles. The van der Waals surface area contributed by atoms with Gasteiger partial charge in [0, 0.05) is 54.9 Å². The monoisotopic (exact) mass is 403 g/mol. The van der Waals surface area contributed by atoms with Gasteiger partial charge in [-0.1, -0.05) is 0 Å². The standard InChI is InChI=1S/C21H18ClN7/c22-21-26-19-17(2-1-6-23-19)20(27-21)28-7-5-18-14(11-28)8-13(9-24-18)15-10-25-29(12-15)16-3-4-16/h1-2,6,8-10,12,16H,3-5,7,11H2. The first-order valence-electron chi connectivity index (χ1n) is 9.80. The van der Waals surface area contributed by atoms with Crippen LogP contribution < -0.4 is 4.90 Å². The molecule has 8 heteroatoms. The van der Waals surface area contributed by atoms with E-state index in [4.69, 9.17) is 16.6 Å². The average Bonchev–Trinajstić information content (AvgIpc) is 3.49. The van der Waals surface area contributed by atoms with Crippen LogP contribution >= 0.6 is 11.6 Å². The van der Waals surface area contributed by atoms with Crippen LogP contribution in [0.25, 0.3) is 22.2 Å². The third kappa shape index (κ3) is 3.02. The van der Waals surface area contributed by atoms with E-state index in [1.54, 1.807) is 6.20 Å². The fourth-order valence-electron chi connectivity index (χ4n) is 3.95. The summed E-state index contributed by atoms with van der Waals surface area (Å²) in [4.78, 5) is 20.1. The smallest absolute Gasteiger partial charge is 0.226 e. The number of hydrogen-bond acceptors (Lipinski definition) is 6. The Morgan fingerprint density at radius 3 is 2.90 bits per heavy atom. The Morgan fingerprint density at radius 1 is 1.07 bits per heavy atom. The average molecular weight is 404 g/mol. The molecule has 0 amide bonds. The van der Waals surface area contributed by atoms with Crippen molar-refractivity contribution in [1.82, 2.24) is 29.7 Å². The van der Waals surface area contributed by atoms with Crippen LogP contribution in [-0.2, 0) is 13.0 Å². The number of fused-ring (bicyclic) bond motifs is 2. The number of anilines is 1. The lowest BCUT2D eigenvalue weighted by Gasteiger charge is -2.30. The Bertz CT molecular complexity index is 1230. The van der Waals surface area contributed by atoms with Crippen molar-refractivity contribution < 1.29 is 0 Å². The second-order valence-electron chi connectivity index (χ2n) is 7.63. The van der Waals surface area contributed by atoms with E-state index in [1.807, 2.05) is 24.5 Å². The third-order valence-electron chi connectivity index (χ3n) is 5.62. The summed E-state index contributed by atoms with van der Waals surface area (Å²) in [7, 11) is 0. The van der Waals surface area contributed by atoms with E-state index in [2.05, 4.69) is 41.9 Å². The van der Waals surface area contributed by atoms with Crippen LogP contribution in [0.15, 0.2) is 43.0 Å². The van der Waals surface area contributed by atoms with Gasteiger partial charge in [0.1, 0.15) is 5.82 Å². The number of aromatic nitrogens is 6. The predicted octanol–water partition coefficient (Wildman–Crippen LogP) is 3.83. The molecule has 0 spiro atoms. The van der Waals surface area contributed by atoms with Crippen LogP contribution in [0.1, 0.15) is 30.1 Å². The molecule has 0 aromatic carbocycles. The molecule has 0 radical (unpaired) electrons. The van der Waals surface area contributed by atoms with Gasteiger partial charge in [0.2, 0.25) is 5.28 Å². The maximum absolute atomic E-state index is 6.17. The van der Waals surface area contributed by atoms with Crippen molar-refractivity contribution in [2.24, 2.45) is 0 Å². The zero-order valence-electron chi connectivity index (χ0n) is 15.7. The molecule has 0 N–H and O–H groups in total. The minimum atomic E-state index is 0.219. The van der Waals surface area contributed by atoms with Crippen molar-refractivity contribution in [3.05, 3.63) is 59.5 Å². The number of nitrogens with zero attached hydrogens (tertiary/aromatic N) is 7. The predicted molar refractivity (Wildman–Crippen MR) is 111 cm³/mol. The molecule has 1 fully saturated rings. The molecule has 144 valence electrons. The number of rotatable bonds is 3. The molecule has 0 saturated heterocycles. The van der Waals surface area contributed by atoms with Crippen molar-refractivity contribution in [2.45, 2.75) is 31.8 Å². The van der Waals surface area contributed by atoms with Crippen molar-refractivity contribution in [3.63, 3.8) is 0 Å². The van der Waals surface area contributed by atoms with Crippen molar-refractivity contribution in [1.29, 1.82) is 0 Å². The van der Waals surface area contributed by atoms with Crippen LogP contribution in [0, 0.1) is 0 Å². The van der Waals surface area contributed by atoms with E-state index >= 15 is 0 Å².